The fourth-order valence-corrected chi connectivity index (χ4v) is 1.25. The number of pyridine rings is 1. The molecule has 0 saturated carbocycles. The maximum atomic E-state index is 12.9. The highest BCUT2D eigenvalue weighted by atomic mass is 19.1. The van der Waals surface area contributed by atoms with E-state index in [1.807, 2.05) is 6.92 Å². The van der Waals surface area contributed by atoms with Crippen LogP contribution in [-0.4, -0.2) is 4.98 Å². The molecule has 1 heterocycles. The van der Waals surface area contributed by atoms with E-state index in [-0.39, 0.29) is 5.82 Å². The zero-order valence-corrected chi connectivity index (χ0v) is 8.77. The standard InChI is InChI=1S/C12H11FN2O/c1-8-5-12(15-7-11(8)14)16-10-4-2-3-9(13)6-10/h2-7H,14H2,1H3. The number of aryl methyl sites for hydroxylation is 1. The molecular formula is C12H11FN2O. The van der Waals surface area contributed by atoms with Gasteiger partial charge < -0.3 is 10.5 Å². The van der Waals surface area contributed by atoms with Crippen LogP contribution in [0.2, 0.25) is 0 Å². The molecule has 0 unspecified atom stereocenters. The minimum absolute atomic E-state index is 0.343. The number of hydrogen-bond acceptors (Lipinski definition) is 3. The largest absolute Gasteiger partial charge is 0.439 e. The van der Waals surface area contributed by atoms with Crippen molar-refractivity contribution < 1.29 is 9.13 Å². The second kappa shape index (κ2) is 4.18. The molecule has 4 heteroatoms. The van der Waals surface area contributed by atoms with Crippen LogP contribution in [0.4, 0.5) is 10.1 Å². The molecule has 0 bridgehead atoms. The fourth-order valence-electron chi connectivity index (χ4n) is 1.25. The fraction of sp³-hybridized carbons (Fsp3) is 0.0833. The van der Waals surface area contributed by atoms with Gasteiger partial charge in [0.1, 0.15) is 11.6 Å². The Morgan fingerprint density at radius 3 is 2.81 bits per heavy atom. The third-order valence-corrected chi connectivity index (χ3v) is 2.14. The highest BCUT2D eigenvalue weighted by Gasteiger charge is 2.02. The molecule has 3 nitrogen and oxygen atoms in total. The van der Waals surface area contributed by atoms with Crippen molar-refractivity contribution in [3.05, 3.63) is 47.9 Å². The number of ether oxygens (including phenoxy) is 1. The summed E-state index contributed by atoms with van der Waals surface area (Å²) in [7, 11) is 0. The molecule has 1 aromatic carbocycles. The number of nitrogens with two attached hydrogens (primary N) is 1. The summed E-state index contributed by atoms with van der Waals surface area (Å²) in [6.45, 7) is 1.86. The van der Waals surface area contributed by atoms with Crippen molar-refractivity contribution in [2.75, 3.05) is 5.73 Å². The van der Waals surface area contributed by atoms with E-state index in [0.717, 1.165) is 5.56 Å². The molecule has 0 aliphatic heterocycles. The first-order chi connectivity index (χ1) is 7.65. The lowest BCUT2D eigenvalue weighted by molar-refractivity contribution is 0.458. The zero-order valence-electron chi connectivity index (χ0n) is 8.77. The lowest BCUT2D eigenvalue weighted by Crippen LogP contribution is -1.94. The van der Waals surface area contributed by atoms with Crippen molar-refractivity contribution in [3.8, 4) is 11.6 Å². The Labute approximate surface area is 92.7 Å². The third kappa shape index (κ3) is 2.28. The molecule has 0 amide bonds. The summed E-state index contributed by atoms with van der Waals surface area (Å²) < 4.78 is 18.3. The first-order valence-corrected chi connectivity index (χ1v) is 4.81. The Bertz CT molecular complexity index is 514. The van der Waals surface area contributed by atoms with Gasteiger partial charge in [-0.05, 0) is 24.6 Å². The molecular weight excluding hydrogens is 207 g/mol. The van der Waals surface area contributed by atoms with Crippen LogP contribution in [0, 0.1) is 12.7 Å². The summed E-state index contributed by atoms with van der Waals surface area (Å²) in [5.74, 6) is 0.471. The van der Waals surface area contributed by atoms with Crippen molar-refractivity contribution in [1.82, 2.24) is 4.98 Å². The van der Waals surface area contributed by atoms with Crippen LogP contribution in [0.3, 0.4) is 0 Å². The molecule has 0 aliphatic rings. The van der Waals surface area contributed by atoms with Gasteiger partial charge >= 0.3 is 0 Å². The van der Waals surface area contributed by atoms with Gasteiger partial charge in [0.2, 0.25) is 5.88 Å². The lowest BCUT2D eigenvalue weighted by Gasteiger charge is -2.06. The van der Waals surface area contributed by atoms with Gasteiger partial charge in [-0.15, -0.1) is 0 Å². The molecule has 2 rings (SSSR count). The molecule has 0 spiro atoms. The Morgan fingerprint density at radius 1 is 1.31 bits per heavy atom. The van der Waals surface area contributed by atoms with Gasteiger partial charge in [0.05, 0.1) is 11.9 Å². The van der Waals surface area contributed by atoms with Gasteiger partial charge in [0, 0.05) is 12.1 Å². The number of halogens is 1. The van der Waals surface area contributed by atoms with Crippen LogP contribution in [0.1, 0.15) is 5.56 Å². The van der Waals surface area contributed by atoms with Crippen molar-refractivity contribution in [1.29, 1.82) is 0 Å². The van der Waals surface area contributed by atoms with Crippen LogP contribution < -0.4 is 10.5 Å². The Kier molecular flexibility index (Phi) is 2.72. The average Bonchev–Trinajstić information content (AvgIpc) is 2.24. The summed E-state index contributed by atoms with van der Waals surface area (Å²) >= 11 is 0. The number of benzene rings is 1. The summed E-state index contributed by atoms with van der Waals surface area (Å²) in [6, 6.07) is 7.60. The number of hydrogen-bond donors (Lipinski definition) is 1. The molecule has 0 aliphatic carbocycles. The molecule has 82 valence electrons. The van der Waals surface area contributed by atoms with Gasteiger partial charge in [-0.3, -0.25) is 0 Å². The number of nitrogen functional groups attached to an aromatic ring is 1. The summed E-state index contributed by atoms with van der Waals surface area (Å²) in [4.78, 5) is 3.99. The maximum absolute atomic E-state index is 12.9. The van der Waals surface area contributed by atoms with E-state index in [1.54, 1.807) is 18.2 Å². The smallest absolute Gasteiger partial charge is 0.219 e. The molecule has 0 atom stereocenters. The van der Waals surface area contributed by atoms with Gasteiger partial charge in [0.15, 0.2) is 0 Å². The van der Waals surface area contributed by atoms with E-state index in [0.29, 0.717) is 17.3 Å². The van der Waals surface area contributed by atoms with Gasteiger partial charge in [-0.1, -0.05) is 6.07 Å². The third-order valence-electron chi connectivity index (χ3n) is 2.14. The minimum atomic E-state index is -0.343. The van der Waals surface area contributed by atoms with E-state index in [4.69, 9.17) is 10.5 Å². The molecule has 1 aromatic heterocycles. The highest BCUT2D eigenvalue weighted by molar-refractivity contribution is 5.46. The van der Waals surface area contributed by atoms with E-state index in [9.17, 15) is 4.39 Å². The van der Waals surface area contributed by atoms with E-state index in [2.05, 4.69) is 4.98 Å². The molecule has 2 aromatic rings. The molecule has 16 heavy (non-hydrogen) atoms. The number of nitrogens with zero attached hydrogens (tertiary/aromatic N) is 1. The van der Waals surface area contributed by atoms with E-state index < -0.39 is 0 Å². The minimum Gasteiger partial charge on any atom is -0.439 e. The van der Waals surface area contributed by atoms with Crippen LogP contribution in [-0.2, 0) is 0 Å². The quantitative estimate of drug-likeness (QED) is 0.843. The molecule has 0 radical (unpaired) electrons. The summed E-state index contributed by atoms with van der Waals surface area (Å²) in [5.41, 5.74) is 7.11. The number of aromatic nitrogens is 1. The second-order valence-corrected chi connectivity index (χ2v) is 3.44. The lowest BCUT2D eigenvalue weighted by atomic mass is 10.2. The molecule has 0 fully saturated rings. The Hall–Kier alpha value is -2.10. The molecule has 0 saturated heterocycles. The van der Waals surface area contributed by atoms with Crippen LogP contribution in [0.15, 0.2) is 36.5 Å². The van der Waals surface area contributed by atoms with Crippen molar-refractivity contribution >= 4 is 5.69 Å². The van der Waals surface area contributed by atoms with Crippen molar-refractivity contribution in [2.24, 2.45) is 0 Å². The topological polar surface area (TPSA) is 48.1 Å². The summed E-state index contributed by atoms with van der Waals surface area (Å²) in [5, 5.41) is 0. The van der Waals surface area contributed by atoms with E-state index >= 15 is 0 Å². The average molecular weight is 218 g/mol. The number of rotatable bonds is 2. The number of anilines is 1. The zero-order chi connectivity index (χ0) is 11.5. The van der Waals surface area contributed by atoms with Crippen LogP contribution in [0.25, 0.3) is 0 Å². The first-order valence-electron chi connectivity index (χ1n) is 4.81. The normalized spacial score (nSPS) is 10.1. The molecule has 2 N–H and O–H groups in total. The van der Waals surface area contributed by atoms with Gasteiger partial charge in [-0.2, -0.15) is 0 Å². The predicted molar refractivity (Wildman–Crippen MR) is 59.9 cm³/mol. The van der Waals surface area contributed by atoms with Gasteiger partial charge in [0.25, 0.3) is 0 Å². The highest BCUT2D eigenvalue weighted by Crippen LogP contribution is 2.22. The van der Waals surface area contributed by atoms with Crippen molar-refractivity contribution in [3.63, 3.8) is 0 Å². The van der Waals surface area contributed by atoms with Crippen LogP contribution >= 0.6 is 0 Å². The monoisotopic (exact) mass is 218 g/mol. The SMILES string of the molecule is Cc1cc(Oc2cccc(F)c2)ncc1N. The Balaban J connectivity index is 2.24. The van der Waals surface area contributed by atoms with Gasteiger partial charge in [-0.25, -0.2) is 9.37 Å². The summed E-state index contributed by atoms with van der Waals surface area (Å²) in [6.07, 6.45) is 1.52. The van der Waals surface area contributed by atoms with Crippen LogP contribution in [0.5, 0.6) is 11.6 Å². The predicted octanol–water partition coefficient (Wildman–Crippen LogP) is 2.90. The maximum Gasteiger partial charge on any atom is 0.219 e. The van der Waals surface area contributed by atoms with Crippen molar-refractivity contribution in [2.45, 2.75) is 6.92 Å². The van der Waals surface area contributed by atoms with E-state index in [1.165, 1.54) is 18.3 Å². The Morgan fingerprint density at radius 2 is 2.12 bits per heavy atom. The first kappa shape index (κ1) is 10.4. The second-order valence-electron chi connectivity index (χ2n) is 3.44.